The highest BCUT2D eigenvalue weighted by Gasteiger charge is 2.22. The average Bonchev–Trinajstić information content (AvgIpc) is 3.02. The van der Waals surface area contributed by atoms with Crippen LogP contribution < -0.4 is 4.90 Å². The van der Waals surface area contributed by atoms with Gasteiger partial charge in [0.15, 0.2) is 0 Å². The summed E-state index contributed by atoms with van der Waals surface area (Å²) in [6.07, 6.45) is 7.99. The Hall–Kier alpha value is -1.65. The Bertz CT molecular complexity index is 459. The lowest BCUT2D eigenvalue weighted by molar-refractivity contribution is 0.0786. The highest BCUT2D eigenvalue weighted by atomic mass is 16.2. The quantitative estimate of drug-likeness (QED) is 0.827. The first-order chi connectivity index (χ1) is 9.74. The van der Waals surface area contributed by atoms with Crippen molar-refractivity contribution < 1.29 is 4.79 Å². The second-order valence-electron chi connectivity index (χ2n) is 5.93. The van der Waals surface area contributed by atoms with Gasteiger partial charge < -0.3 is 9.80 Å². The number of rotatable bonds is 2. The number of anilines is 1. The van der Waals surface area contributed by atoms with Crippen molar-refractivity contribution in [2.24, 2.45) is 5.92 Å². The third-order valence-corrected chi connectivity index (χ3v) is 4.36. The van der Waals surface area contributed by atoms with Crippen LogP contribution in [-0.4, -0.2) is 47.0 Å². The molecule has 2 aliphatic rings. The van der Waals surface area contributed by atoms with Crippen molar-refractivity contribution in [3.05, 3.63) is 18.1 Å². The van der Waals surface area contributed by atoms with E-state index in [1.807, 2.05) is 4.90 Å². The molecule has 20 heavy (non-hydrogen) atoms. The number of nitrogens with zero attached hydrogens (tertiary/aromatic N) is 4. The summed E-state index contributed by atoms with van der Waals surface area (Å²) in [6.45, 7) is 6.07. The second kappa shape index (κ2) is 5.77. The molecule has 1 amide bonds. The van der Waals surface area contributed by atoms with E-state index in [2.05, 4.69) is 21.8 Å². The van der Waals surface area contributed by atoms with E-state index >= 15 is 0 Å². The first kappa shape index (κ1) is 13.3. The number of likely N-dealkylation sites (tertiary alicyclic amines) is 1. The molecule has 0 atom stereocenters. The van der Waals surface area contributed by atoms with E-state index in [4.69, 9.17) is 0 Å². The molecule has 0 spiro atoms. The van der Waals surface area contributed by atoms with Crippen molar-refractivity contribution in [2.45, 2.75) is 32.6 Å². The van der Waals surface area contributed by atoms with Gasteiger partial charge in [-0.2, -0.15) is 0 Å². The zero-order valence-electron chi connectivity index (χ0n) is 12.1. The second-order valence-corrected chi connectivity index (χ2v) is 5.93. The summed E-state index contributed by atoms with van der Waals surface area (Å²) < 4.78 is 0. The van der Waals surface area contributed by atoms with Crippen LogP contribution in [0.5, 0.6) is 0 Å². The molecule has 0 radical (unpaired) electrons. The van der Waals surface area contributed by atoms with Crippen molar-refractivity contribution >= 4 is 11.7 Å². The maximum absolute atomic E-state index is 12.2. The lowest BCUT2D eigenvalue weighted by Crippen LogP contribution is -2.34. The maximum Gasteiger partial charge on any atom is 0.274 e. The van der Waals surface area contributed by atoms with Gasteiger partial charge in [-0.15, -0.1) is 0 Å². The van der Waals surface area contributed by atoms with Crippen LogP contribution in [0.4, 0.5) is 5.82 Å². The van der Waals surface area contributed by atoms with E-state index in [0.717, 1.165) is 50.8 Å². The third-order valence-electron chi connectivity index (χ3n) is 4.36. The SMILES string of the molecule is CC1CCN(c2cnc(C(=O)N3CCCC3)cn2)CC1. The zero-order valence-corrected chi connectivity index (χ0v) is 12.1. The smallest absolute Gasteiger partial charge is 0.274 e. The van der Waals surface area contributed by atoms with E-state index in [1.165, 1.54) is 12.8 Å². The molecule has 2 aliphatic heterocycles. The number of hydrogen-bond donors (Lipinski definition) is 0. The molecule has 2 fully saturated rings. The van der Waals surface area contributed by atoms with E-state index in [1.54, 1.807) is 12.4 Å². The molecule has 1 aromatic rings. The minimum absolute atomic E-state index is 0.0221. The Kier molecular flexibility index (Phi) is 3.85. The van der Waals surface area contributed by atoms with Crippen LogP contribution in [0.1, 0.15) is 43.1 Å². The lowest BCUT2D eigenvalue weighted by Gasteiger charge is -2.30. The molecular formula is C15H22N4O. The van der Waals surface area contributed by atoms with Crippen molar-refractivity contribution in [1.82, 2.24) is 14.9 Å². The number of carbonyl (C=O) groups excluding carboxylic acids is 1. The Morgan fingerprint density at radius 2 is 1.80 bits per heavy atom. The molecule has 5 heteroatoms. The number of hydrogen-bond acceptors (Lipinski definition) is 4. The summed E-state index contributed by atoms with van der Waals surface area (Å²) in [4.78, 5) is 25.1. The van der Waals surface area contributed by atoms with E-state index in [-0.39, 0.29) is 5.91 Å². The largest absolute Gasteiger partial charge is 0.355 e. The number of amides is 1. The predicted octanol–water partition coefficient (Wildman–Crippen LogP) is 1.95. The van der Waals surface area contributed by atoms with Crippen molar-refractivity contribution in [3.63, 3.8) is 0 Å². The molecule has 5 nitrogen and oxygen atoms in total. The van der Waals surface area contributed by atoms with Gasteiger partial charge in [0.05, 0.1) is 12.4 Å². The number of carbonyl (C=O) groups is 1. The molecular weight excluding hydrogens is 252 g/mol. The predicted molar refractivity (Wildman–Crippen MR) is 77.8 cm³/mol. The van der Waals surface area contributed by atoms with Crippen LogP contribution >= 0.6 is 0 Å². The van der Waals surface area contributed by atoms with E-state index < -0.39 is 0 Å². The van der Waals surface area contributed by atoms with E-state index in [9.17, 15) is 4.79 Å². The minimum Gasteiger partial charge on any atom is -0.355 e. The van der Waals surface area contributed by atoms with Crippen molar-refractivity contribution in [3.8, 4) is 0 Å². The first-order valence-corrected chi connectivity index (χ1v) is 7.60. The van der Waals surface area contributed by atoms with Crippen LogP contribution in [-0.2, 0) is 0 Å². The lowest BCUT2D eigenvalue weighted by atomic mass is 9.99. The normalized spacial score (nSPS) is 20.4. The third kappa shape index (κ3) is 2.76. The van der Waals surface area contributed by atoms with Crippen molar-refractivity contribution in [1.29, 1.82) is 0 Å². The molecule has 0 aromatic carbocycles. The van der Waals surface area contributed by atoms with Gasteiger partial charge in [-0.3, -0.25) is 4.79 Å². The topological polar surface area (TPSA) is 49.3 Å². The Morgan fingerprint density at radius 3 is 2.40 bits per heavy atom. The fourth-order valence-corrected chi connectivity index (χ4v) is 2.91. The molecule has 108 valence electrons. The van der Waals surface area contributed by atoms with Gasteiger partial charge in [-0.05, 0) is 31.6 Å². The van der Waals surface area contributed by atoms with E-state index in [0.29, 0.717) is 5.69 Å². The van der Waals surface area contributed by atoms with Gasteiger partial charge >= 0.3 is 0 Å². The van der Waals surface area contributed by atoms with Gasteiger partial charge in [0.25, 0.3) is 5.91 Å². The Labute approximate surface area is 120 Å². The molecule has 3 heterocycles. The summed E-state index contributed by atoms with van der Waals surface area (Å²) in [5.41, 5.74) is 0.473. The van der Waals surface area contributed by atoms with Gasteiger partial charge in [0, 0.05) is 26.2 Å². The standard InChI is InChI=1S/C15H22N4O/c1-12-4-8-18(9-5-12)14-11-16-13(10-17-14)15(20)19-6-2-3-7-19/h10-12H,2-9H2,1H3. The fraction of sp³-hybridized carbons (Fsp3) is 0.667. The van der Waals surface area contributed by atoms with Crippen LogP contribution in [0.15, 0.2) is 12.4 Å². The van der Waals surface area contributed by atoms with Crippen molar-refractivity contribution in [2.75, 3.05) is 31.1 Å². The van der Waals surface area contributed by atoms with Crippen LogP contribution in [0.2, 0.25) is 0 Å². The van der Waals surface area contributed by atoms with Gasteiger partial charge in [-0.1, -0.05) is 6.92 Å². The number of aromatic nitrogens is 2. The average molecular weight is 274 g/mol. The monoisotopic (exact) mass is 274 g/mol. The molecule has 3 rings (SSSR count). The maximum atomic E-state index is 12.2. The highest BCUT2D eigenvalue weighted by molar-refractivity contribution is 5.92. The number of piperidine rings is 1. The summed E-state index contributed by atoms with van der Waals surface area (Å²) >= 11 is 0. The Balaban J connectivity index is 1.66. The van der Waals surface area contributed by atoms with Crippen LogP contribution in [0.25, 0.3) is 0 Å². The fourth-order valence-electron chi connectivity index (χ4n) is 2.91. The summed E-state index contributed by atoms with van der Waals surface area (Å²) in [5, 5.41) is 0. The minimum atomic E-state index is 0.0221. The summed E-state index contributed by atoms with van der Waals surface area (Å²) in [7, 11) is 0. The molecule has 2 saturated heterocycles. The Morgan fingerprint density at radius 1 is 1.10 bits per heavy atom. The summed E-state index contributed by atoms with van der Waals surface area (Å²) in [6, 6.07) is 0. The zero-order chi connectivity index (χ0) is 13.9. The molecule has 1 aromatic heterocycles. The first-order valence-electron chi connectivity index (χ1n) is 7.60. The molecule has 0 unspecified atom stereocenters. The molecule has 0 bridgehead atoms. The molecule has 0 N–H and O–H groups in total. The van der Waals surface area contributed by atoms with Gasteiger partial charge in [0.2, 0.25) is 0 Å². The van der Waals surface area contributed by atoms with Gasteiger partial charge in [0.1, 0.15) is 11.5 Å². The highest BCUT2D eigenvalue weighted by Crippen LogP contribution is 2.20. The van der Waals surface area contributed by atoms with Gasteiger partial charge in [-0.25, -0.2) is 9.97 Å². The molecule has 0 saturated carbocycles. The summed E-state index contributed by atoms with van der Waals surface area (Å²) in [5.74, 6) is 1.72. The van der Waals surface area contributed by atoms with Crippen LogP contribution in [0, 0.1) is 5.92 Å². The van der Waals surface area contributed by atoms with Crippen LogP contribution in [0.3, 0.4) is 0 Å². The molecule has 0 aliphatic carbocycles.